The van der Waals surface area contributed by atoms with E-state index >= 15 is 0 Å². The molecule has 0 aliphatic rings. The number of ether oxygens (including phenoxy) is 3. The Hall–Kier alpha value is -2.96. The summed E-state index contributed by atoms with van der Waals surface area (Å²) < 4.78 is 16.0. The summed E-state index contributed by atoms with van der Waals surface area (Å²) in [6.07, 6.45) is 1.58. The van der Waals surface area contributed by atoms with E-state index in [0.717, 1.165) is 0 Å². The molecule has 134 valence electrons. The Morgan fingerprint density at radius 3 is 2.20 bits per heavy atom. The first kappa shape index (κ1) is 18.4. The van der Waals surface area contributed by atoms with Crippen LogP contribution in [-0.2, 0) is 0 Å². The second-order valence-corrected chi connectivity index (χ2v) is 5.60. The molecule has 0 radical (unpaired) electrons. The van der Waals surface area contributed by atoms with Crippen LogP contribution in [0.5, 0.6) is 17.2 Å². The number of amides is 1. The predicted molar refractivity (Wildman–Crippen MR) is 96.2 cm³/mol. The van der Waals surface area contributed by atoms with Crippen molar-refractivity contribution in [2.24, 2.45) is 0 Å². The molecule has 0 saturated carbocycles. The first-order valence-corrected chi connectivity index (χ1v) is 7.82. The summed E-state index contributed by atoms with van der Waals surface area (Å²) in [4.78, 5) is 16.4. The van der Waals surface area contributed by atoms with E-state index in [1.165, 1.54) is 0 Å². The highest BCUT2D eigenvalue weighted by molar-refractivity contribution is 5.95. The Morgan fingerprint density at radius 1 is 1.04 bits per heavy atom. The third kappa shape index (κ3) is 4.53. The van der Waals surface area contributed by atoms with Gasteiger partial charge in [0, 0.05) is 35.6 Å². The van der Waals surface area contributed by atoms with Crippen molar-refractivity contribution >= 4 is 17.4 Å². The second-order valence-electron chi connectivity index (χ2n) is 5.60. The van der Waals surface area contributed by atoms with E-state index in [-0.39, 0.29) is 11.9 Å². The molecule has 1 aromatic carbocycles. The lowest BCUT2D eigenvalue weighted by molar-refractivity contribution is 0.0943. The van der Waals surface area contributed by atoms with Crippen molar-refractivity contribution < 1.29 is 19.0 Å². The number of pyridine rings is 1. The summed E-state index contributed by atoms with van der Waals surface area (Å²) in [7, 11) is 4.65. The van der Waals surface area contributed by atoms with Crippen molar-refractivity contribution in [3.63, 3.8) is 0 Å². The average molecular weight is 345 g/mol. The van der Waals surface area contributed by atoms with E-state index in [9.17, 15) is 4.79 Å². The maximum Gasteiger partial charge on any atom is 0.251 e. The molecule has 1 heterocycles. The predicted octanol–water partition coefficient (Wildman–Crippen LogP) is 2.99. The Morgan fingerprint density at radius 2 is 1.68 bits per heavy atom. The standard InChI is InChI=1S/C18H23N3O4/c1-11(2)20-18(22)12-6-7-19-16(8-12)21-13-9-14(23-3)17(25-5)15(10-13)24-4/h6-11H,1-5H3,(H,19,21)(H,20,22). The van der Waals surface area contributed by atoms with Crippen LogP contribution in [0.15, 0.2) is 30.5 Å². The molecule has 0 aliphatic carbocycles. The number of hydrogen-bond donors (Lipinski definition) is 2. The van der Waals surface area contributed by atoms with Crippen LogP contribution in [0.3, 0.4) is 0 Å². The molecule has 2 N–H and O–H groups in total. The van der Waals surface area contributed by atoms with E-state index in [2.05, 4.69) is 15.6 Å². The molecule has 0 aliphatic heterocycles. The highest BCUT2D eigenvalue weighted by Gasteiger charge is 2.14. The molecule has 0 atom stereocenters. The highest BCUT2D eigenvalue weighted by atomic mass is 16.5. The van der Waals surface area contributed by atoms with Crippen molar-refractivity contribution in [1.82, 2.24) is 10.3 Å². The van der Waals surface area contributed by atoms with Gasteiger partial charge in [-0.05, 0) is 26.0 Å². The molecule has 7 heteroatoms. The molecule has 2 aromatic rings. The summed E-state index contributed by atoms with van der Waals surface area (Å²) in [6.45, 7) is 3.82. The van der Waals surface area contributed by atoms with E-state index in [0.29, 0.717) is 34.3 Å². The maximum atomic E-state index is 12.1. The SMILES string of the molecule is COc1cc(Nc2cc(C(=O)NC(C)C)ccn2)cc(OC)c1OC. The smallest absolute Gasteiger partial charge is 0.251 e. The van der Waals surface area contributed by atoms with Gasteiger partial charge < -0.3 is 24.8 Å². The quantitative estimate of drug-likeness (QED) is 0.803. The zero-order chi connectivity index (χ0) is 18.4. The Bertz CT molecular complexity index is 722. The highest BCUT2D eigenvalue weighted by Crippen LogP contribution is 2.40. The largest absolute Gasteiger partial charge is 0.493 e. The Kier molecular flexibility index (Phi) is 6.05. The Balaban J connectivity index is 2.29. The molecule has 25 heavy (non-hydrogen) atoms. The first-order valence-electron chi connectivity index (χ1n) is 7.82. The zero-order valence-electron chi connectivity index (χ0n) is 15.0. The van der Waals surface area contributed by atoms with E-state index in [1.807, 2.05) is 13.8 Å². The third-order valence-electron chi connectivity index (χ3n) is 3.38. The van der Waals surface area contributed by atoms with E-state index < -0.39 is 0 Å². The molecule has 0 fully saturated rings. The molecule has 1 amide bonds. The molecule has 0 bridgehead atoms. The summed E-state index contributed by atoms with van der Waals surface area (Å²) >= 11 is 0. The van der Waals surface area contributed by atoms with Gasteiger partial charge in [-0.15, -0.1) is 0 Å². The molecule has 7 nitrogen and oxygen atoms in total. The second kappa shape index (κ2) is 8.23. The summed E-state index contributed by atoms with van der Waals surface area (Å²) in [6, 6.07) is 6.94. The molecule has 2 rings (SSSR count). The van der Waals surface area contributed by atoms with Gasteiger partial charge in [-0.25, -0.2) is 4.98 Å². The van der Waals surface area contributed by atoms with Crippen LogP contribution in [0.2, 0.25) is 0 Å². The third-order valence-corrected chi connectivity index (χ3v) is 3.38. The van der Waals surface area contributed by atoms with Crippen molar-refractivity contribution in [3.8, 4) is 17.2 Å². The normalized spacial score (nSPS) is 10.3. The number of nitrogens with one attached hydrogen (secondary N) is 2. The van der Waals surface area contributed by atoms with Crippen LogP contribution in [0, 0.1) is 0 Å². The van der Waals surface area contributed by atoms with Gasteiger partial charge in [-0.1, -0.05) is 0 Å². The number of anilines is 2. The monoisotopic (exact) mass is 345 g/mol. The molecule has 0 spiro atoms. The lowest BCUT2D eigenvalue weighted by Gasteiger charge is -2.15. The lowest BCUT2D eigenvalue weighted by Crippen LogP contribution is -2.30. The number of nitrogens with zero attached hydrogens (tertiary/aromatic N) is 1. The molecule has 1 aromatic heterocycles. The van der Waals surface area contributed by atoms with E-state index in [4.69, 9.17) is 14.2 Å². The van der Waals surface area contributed by atoms with Crippen LogP contribution < -0.4 is 24.8 Å². The van der Waals surface area contributed by atoms with Gasteiger partial charge in [0.05, 0.1) is 21.3 Å². The van der Waals surface area contributed by atoms with Gasteiger partial charge in [-0.3, -0.25) is 4.79 Å². The van der Waals surface area contributed by atoms with Crippen LogP contribution >= 0.6 is 0 Å². The van der Waals surface area contributed by atoms with Crippen LogP contribution in [-0.4, -0.2) is 38.3 Å². The van der Waals surface area contributed by atoms with Crippen LogP contribution in [0.1, 0.15) is 24.2 Å². The number of benzene rings is 1. The fourth-order valence-corrected chi connectivity index (χ4v) is 2.29. The van der Waals surface area contributed by atoms with Crippen molar-refractivity contribution in [3.05, 3.63) is 36.0 Å². The molecular formula is C18H23N3O4. The number of aromatic nitrogens is 1. The van der Waals surface area contributed by atoms with Gasteiger partial charge in [0.25, 0.3) is 5.91 Å². The fourth-order valence-electron chi connectivity index (χ4n) is 2.29. The van der Waals surface area contributed by atoms with Crippen molar-refractivity contribution in [1.29, 1.82) is 0 Å². The minimum absolute atomic E-state index is 0.0622. The Labute approximate surface area is 147 Å². The zero-order valence-corrected chi connectivity index (χ0v) is 15.0. The van der Waals surface area contributed by atoms with Gasteiger partial charge in [0.2, 0.25) is 5.75 Å². The molecule has 0 unspecified atom stereocenters. The summed E-state index contributed by atoms with van der Waals surface area (Å²) in [5.74, 6) is 1.95. The number of carbonyl (C=O) groups is 1. The van der Waals surface area contributed by atoms with E-state index in [1.54, 1.807) is 51.8 Å². The first-order chi connectivity index (χ1) is 12.0. The van der Waals surface area contributed by atoms with Gasteiger partial charge in [0.1, 0.15) is 5.82 Å². The number of carbonyl (C=O) groups excluding carboxylic acids is 1. The fraction of sp³-hybridized carbons (Fsp3) is 0.333. The van der Waals surface area contributed by atoms with Gasteiger partial charge in [-0.2, -0.15) is 0 Å². The average Bonchev–Trinajstić information content (AvgIpc) is 2.60. The number of methoxy groups -OCH3 is 3. The lowest BCUT2D eigenvalue weighted by atomic mass is 10.2. The van der Waals surface area contributed by atoms with Crippen molar-refractivity contribution in [2.75, 3.05) is 26.6 Å². The topological polar surface area (TPSA) is 81.7 Å². The minimum Gasteiger partial charge on any atom is -0.493 e. The number of rotatable bonds is 7. The summed E-state index contributed by atoms with van der Waals surface area (Å²) in [5, 5.41) is 6.00. The maximum absolute atomic E-state index is 12.1. The van der Waals surface area contributed by atoms with Crippen LogP contribution in [0.4, 0.5) is 11.5 Å². The van der Waals surface area contributed by atoms with Crippen molar-refractivity contribution in [2.45, 2.75) is 19.9 Å². The summed E-state index contributed by atoms with van der Waals surface area (Å²) in [5.41, 5.74) is 1.22. The van der Waals surface area contributed by atoms with Crippen LogP contribution in [0.25, 0.3) is 0 Å². The van der Waals surface area contributed by atoms with Gasteiger partial charge >= 0.3 is 0 Å². The van der Waals surface area contributed by atoms with Gasteiger partial charge in [0.15, 0.2) is 11.5 Å². The minimum atomic E-state index is -0.148. The number of hydrogen-bond acceptors (Lipinski definition) is 6. The molecular weight excluding hydrogens is 322 g/mol. The molecule has 0 saturated heterocycles.